The Balaban J connectivity index is 2.27. The van der Waals surface area contributed by atoms with Gasteiger partial charge in [-0.2, -0.15) is 0 Å². The molecule has 1 amide bonds. The second-order valence-corrected chi connectivity index (χ2v) is 5.42. The van der Waals surface area contributed by atoms with E-state index >= 15 is 0 Å². The number of hydrogen-bond acceptors (Lipinski definition) is 2. The van der Waals surface area contributed by atoms with Crippen molar-refractivity contribution in [1.29, 1.82) is 0 Å². The van der Waals surface area contributed by atoms with E-state index in [1.54, 1.807) is 30.0 Å². The van der Waals surface area contributed by atoms with E-state index in [1.165, 1.54) is 0 Å². The van der Waals surface area contributed by atoms with Gasteiger partial charge in [-0.3, -0.25) is 4.79 Å². The van der Waals surface area contributed by atoms with E-state index in [0.29, 0.717) is 28.7 Å². The van der Waals surface area contributed by atoms with Crippen LogP contribution in [0.2, 0.25) is 5.02 Å². The van der Waals surface area contributed by atoms with Crippen LogP contribution in [-0.2, 0) is 6.54 Å². The lowest BCUT2D eigenvalue weighted by Crippen LogP contribution is -2.16. The van der Waals surface area contributed by atoms with Crippen molar-refractivity contribution in [3.05, 3.63) is 45.7 Å². The molecular formula is C14H14BrClN2O2. The number of amides is 1. The molecule has 0 bridgehead atoms. The third kappa shape index (κ3) is 3.16. The fourth-order valence-electron chi connectivity index (χ4n) is 1.84. The van der Waals surface area contributed by atoms with E-state index in [0.717, 1.165) is 4.47 Å². The van der Waals surface area contributed by atoms with Gasteiger partial charge in [-0.15, -0.1) is 0 Å². The van der Waals surface area contributed by atoms with Crippen LogP contribution in [0.1, 0.15) is 17.4 Å². The number of nitrogens with one attached hydrogen (secondary N) is 1. The largest absolute Gasteiger partial charge is 0.497 e. The maximum Gasteiger partial charge on any atom is 0.272 e. The molecule has 0 spiro atoms. The second kappa shape index (κ2) is 6.33. The van der Waals surface area contributed by atoms with Gasteiger partial charge in [0.25, 0.3) is 5.91 Å². The van der Waals surface area contributed by atoms with Gasteiger partial charge in [0.1, 0.15) is 11.4 Å². The zero-order valence-corrected chi connectivity index (χ0v) is 13.5. The number of aryl methyl sites for hydroxylation is 1. The van der Waals surface area contributed by atoms with E-state index in [4.69, 9.17) is 16.3 Å². The average molecular weight is 358 g/mol. The van der Waals surface area contributed by atoms with Crippen molar-refractivity contribution in [1.82, 2.24) is 4.57 Å². The standard InChI is InChI=1S/C14H14BrClN2O2/c1-3-18-8-9(16)6-13(18)14(19)17-12-7-10(20-2)4-5-11(12)15/h4-8H,3H2,1-2H3,(H,17,19). The minimum absolute atomic E-state index is 0.215. The number of carbonyl (C=O) groups excluding carboxylic acids is 1. The Morgan fingerprint density at radius 1 is 1.45 bits per heavy atom. The number of rotatable bonds is 4. The molecule has 6 heteroatoms. The summed E-state index contributed by atoms with van der Waals surface area (Å²) < 4.78 is 7.73. The molecular weight excluding hydrogens is 344 g/mol. The number of hydrogen-bond donors (Lipinski definition) is 1. The molecule has 0 radical (unpaired) electrons. The number of nitrogens with zero attached hydrogens (tertiary/aromatic N) is 1. The number of ether oxygens (including phenoxy) is 1. The Bertz CT molecular complexity index is 640. The van der Waals surface area contributed by atoms with Crippen LogP contribution in [-0.4, -0.2) is 17.6 Å². The third-order valence-electron chi connectivity index (χ3n) is 2.86. The zero-order chi connectivity index (χ0) is 14.7. The summed E-state index contributed by atoms with van der Waals surface area (Å²) >= 11 is 9.34. The van der Waals surface area contributed by atoms with Gasteiger partial charge in [-0.05, 0) is 41.1 Å². The first kappa shape index (κ1) is 14.9. The number of aromatic nitrogens is 1. The summed E-state index contributed by atoms with van der Waals surface area (Å²) in [6.45, 7) is 2.63. The van der Waals surface area contributed by atoms with Crippen LogP contribution in [0.4, 0.5) is 5.69 Å². The van der Waals surface area contributed by atoms with Crippen LogP contribution in [0.5, 0.6) is 5.75 Å². The molecule has 0 aliphatic heterocycles. The maximum atomic E-state index is 12.3. The Hall–Kier alpha value is -1.46. The van der Waals surface area contributed by atoms with Gasteiger partial charge in [-0.25, -0.2) is 0 Å². The maximum absolute atomic E-state index is 12.3. The lowest BCUT2D eigenvalue weighted by atomic mass is 10.3. The van der Waals surface area contributed by atoms with Crippen LogP contribution in [0.15, 0.2) is 34.9 Å². The molecule has 2 rings (SSSR count). The Labute approximate surface area is 130 Å². The molecule has 0 aliphatic carbocycles. The van der Waals surface area contributed by atoms with Crippen molar-refractivity contribution in [3.63, 3.8) is 0 Å². The van der Waals surface area contributed by atoms with Crippen molar-refractivity contribution >= 4 is 39.1 Å². The predicted molar refractivity (Wildman–Crippen MR) is 83.8 cm³/mol. The van der Waals surface area contributed by atoms with Gasteiger partial charge in [0.05, 0.1) is 17.8 Å². The summed E-state index contributed by atoms with van der Waals surface area (Å²) in [4.78, 5) is 12.3. The first-order chi connectivity index (χ1) is 9.55. The summed E-state index contributed by atoms with van der Waals surface area (Å²) in [5, 5.41) is 3.39. The molecule has 1 N–H and O–H groups in total. The number of halogens is 2. The van der Waals surface area contributed by atoms with Gasteiger partial charge in [-0.1, -0.05) is 11.6 Å². The molecule has 1 aromatic carbocycles. The number of benzene rings is 1. The highest BCUT2D eigenvalue weighted by Crippen LogP contribution is 2.28. The molecule has 2 aromatic rings. The van der Waals surface area contributed by atoms with Gasteiger partial charge >= 0.3 is 0 Å². The van der Waals surface area contributed by atoms with Gasteiger partial charge in [0.2, 0.25) is 0 Å². The van der Waals surface area contributed by atoms with Gasteiger partial charge in [0.15, 0.2) is 0 Å². The lowest BCUT2D eigenvalue weighted by Gasteiger charge is -2.10. The van der Waals surface area contributed by atoms with Gasteiger partial charge in [0, 0.05) is 23.3 Å². The summed E-state index contributed by atoms with van der Waals surface area (Å²) in [7, 11) is 1.58. The smallest absolute Gasteiger partial charge is 0.272 e. The third-order valence-corrected chi connectivity index (χ3v) is 3.76. The number of methoxy groups -OCH3 is 1. The van der Waals surface area contributed by atoms with Crippen molar-refractivity contribution in [2.24, 2.45) is 0 Å². The van der Waals surface area contributed by atoms with Crippen molar-refractivity contribution < 1.29 is 9.53 Å². The fourth-order valence-corrected chi connectivity index (χ4v) is 2.41. The Morgan fingerprint density at radius 3 is 2.85 bits per heavy atom. The quantitative estimate of drug-likeness (QED) is 0.892. The van der Waals surface area contributed by atoms with Crippen LogP contribution in [0.25, 0.3) is 0 Å². The Morgan fingerprint density at radius 2 is 2.20 bits per heavy atom. The minimum atomic E-state index is -0.215. The van der Waals surface area contributed by atoms with E-state index in [-0.39, 0.29) is 5.91 Å². The SMILES string of the molecule is CCn1cc(Cl)cc1C(=O)Nc1cc(OC)ccc1Br. The Kier molecular flexibility index (Phi) is 4.73. The second-order valence-electron chi connectivity index (χ2n) is 4.13. The van der Waals surface area contributed by atoms with E-state index in [2.05, 4.69) is 21.2 Å². The molecule has 0 aliphatic rings. The molecule has 4 nitrogen and oxygen atoms in total. The predicted octanol–water partition coefficient (Wildman–Crippen LogP) is 4.18. The summed E-state index contributed by atoms with van der Waals surface area (Å²) in [6.07, 6.45) is 1.73. The lowest BCUT2D eigenvalue weighted by molar-refractivity contribution is 0.101. The molecule has 0 unspecified atom stereocenters. The van der Waals surface area contributed by atoms with Gasteiger partial charge < -0.3 is 14.6 Å². The monoisotopic (exact) mass is 356 g/mol. The van der Waals surface area contributed by atoms with E-state index < -0.39 is 0 Å². The molecule has 0 saturated heterocycles. The number of carbonyl (C=O) groups is 1. The first-order valence-electron chi connectivity index (χ1n) is 6.05. The van der Waals surface area contributed by atoms with Crippen molar-refractivity contribution in [2.45, 2.75) is 13.5 Å². The molecule has 20 heavy (non-hydrogen) atoms. The normalized spacial score (nSPS) is 10.4. The molecule has 0 fully saturated rings. The van der Waals surface area contributed by atoms with Crippen molar-refractivity contribution in [2.75, 3.05) is 12.4 Å². The van der Waals surface area contributed by atoms with Crippen LogP contribution in [0, 0.1) is 0 Å². The summed E-state index contributed by atoms with van der Waals surface area (Å²) in [5.74, 6) is 0.458. The highest BCUT2D eigenvalue weighted by Gasteiger charge is 2.14. The highest BCUT2D eigenvalue weighted by molar-refractivity contribution is 9.10. The van der Waals surface area contributed by atoms with E-state index in [9.17, 15) is 4.79 Å². The van der Waals surface area contributed by atoms with Crippen LogP contribution in [0.3, 0.4) is 0 Å². The fraction of sp³-hybridized carbons (Fsp3) is 0.214. The highest BCUT2D eigenvalue weighted by atomic mass is 79.9. The van der Waals surface area contributed by atoms with Crippen LogP contribution >= 0.6 is 27.5 Å². The molecule has 1 aromatic heterocycles. The number of anilines is 1. The molecule has 0 saturated carbocycles. The summed E-state index contributed by atoms with van der Waals surface area (Å²) in [5.41, 5.74) is 1.17. The van der Waals surface area contributed by atoms with E-state index in [1.807, 2.05) is 19.1 Å². The summed E-state index contributed by atoms with van der Waals surface area (Å²) in [6, 6.07) is 7.03. The molecule has 0 atom stereocenters. The topological polar surface area (TPSA) is 43.3 Å². The van der Waals surface area contributed by atoms with Crippen LogP contribution < -0.4 is 10.1 Å². The first-order valence-corrected chi connectivity index (χ1v) is 7.22. The molecule has 106 valence electrons. The average Bonchev–Trinajstić information content (AvgIpc) is 2.82. The van der Waals surface area contributed by atoms with Crippen molar-refractivity contribution in [3.8, 4) is 5.75 Å². The molecule has 1 heterocycles. The minimum Gasteiger partial charge on any atom is -0.497 e. The zero-order valence-electron chi connectivity index (χ0n) is 11.1.